The van der Waals surface area contributed by atoms with Crippen LogP contribution in [0, 0.1) is 12.3 Å². The highest BCUT2D eigenvalue weighted by molar-refractivity contribution is 7.26. The molecule has 5 heterocycles. The van der Waals surface area contributed by atoms with Crippen LogP contribution in [0.15, 0.2) is 173 Å². The smallest absolute Gasteiger partial charge is 0.277 e. The van der Waals surface area contributed by atoms with Gasteiger partial charge in [0.15, 0.2) is 0 Å². The number of hydrogen-bond acceptors (Lipinski definition) is 5. The Morgan fingerprint density at radius 3 is 1.86 bits per heavy atom. The summed E-state index contributed by atoms with van der Waals surface area (Å²) in [5.74, 6) is 0. The van der Waals surface area contributed by atoms with Crippen LogP contribution in [0.2, 0.25) is 0 Å². The fourth-order valence-corrected chi connectivity index (χ4v) is 12.6. The minimum absolute atomic E-state index is 0.00367. The first kappa shape index (κ1) is 44.5. The second-order valence-electron chi connectivity index (χ2n) is 23.2. The van der Waals surface area contributed by atoms with E-state index in [9.17, 15) is 0 Å². The molecule has 348 valence electrons. The normalized spacial score (nSPS) is 15.4. The Bertz CT molecular complexity index is 3730. The molecule has 0 saturated heterocycles. The van der Waals surface area contributed by atoms with Gasteiger partial charge in [0, 0.05) is 82.8 Å². The average molecular weight is 932 g/mol. The van der Waals surface area contributed by atoms with Gasteiger partial charge in [-0.15, -0.1) is 11.3 Å². The number of para-hydroxylation sites is 1. The van der Waals surface area contributed by atoms with Gasteiger partial charge in [-0.3, -0.25) is 0 Å². The third-order valence-electron chi connectivity index (χ3n) is 15.5. The largest absolute Gasteiger partial charge is 0.457 e. The van der Waals surface area contributed by atoms with Gasteiger partial charge in [-0.1, -0.05) is 141 Å². The van der Waals surface area contributed by atoms with E-state index in [0.717, 1.165) is 45.4 Å². The van der Waals surface area contributed by atoms with E-state index in [4.69, 9.17) is 4.42 Å². The summed E-state index contributed by atoms with van der Waals surface area (Å²) in [6, 6.07) is 50.6. The standard InChI is InChI=1S/C64H62BN3OS/c1-38-35-52-57-53(36-38)67(43-27-23-41(24-28-43)63(7,8)9)51-34-31-47-45-17-13-15-19-55(45)69-59(47)58(51)65(57)61-54(66(52)40(3)22-21-39(2)62(4,5)6)37-49-50(68(61)44-29-25-42(26-30-44)64(10,11)12)33-32-48-46-18-14-16-20-56(46)70-60(48)49/h13-36H,37H2,1-12H3/b39-21+,40-22+. The predicted molar refractivity (Wildman–Crippen MR) is 304 cm³/mol. The lowest BCUT2D eigenvalue weighted by molar-refractivity contribution is 0.504. The van der Waals surface area contributed by atoms with Crippen molar-refractivity contribution < 1.29 is 4.42 Å². The molecule has 0 radical (unpaired) electrons. The number of rotatable bonds is 4. The molecule has 6 heteroatoms. The molecule has 0 atom stereocenters. The van der Waals surface area contributed by atoms with Crippen molar-refractivity contribution in [3.63, 3.8) is 0 Å². The Morgan fingerprint density at radius 2 is 1.19 bits per heavy atom. The van der Waals surface area contributed by atoms with E-state index in [1.165, 1.54) is 93.0 Å². The summed E-state index contributed by atoms with van der Waals surface area (Å²) in [5.41, 5.74) is 21.8. The van der Waals surface area contributed by atoms with Crippen LogP contribution in [0.4, 0.5) is 34.1 Å². The van der Waals surface area contributed by atoms with Gasteiger partial charge in [0.1, 0.15) is 11.2 Å². The quantitative estimate of drug-likeness (QED) is 0.130. The zero-order valence-electron chi connectivity index (χ0n) is 42.8. The lowest BCUT2D eigenvalue weighted by Crippen LogP contribution is -2.60. The SMILES string of the molecule is C/C(=C\C=C(/C)C(C)(C)C)N1C2=C(B3c4c1cc(C)cc4N(c1ccc(C(C)(C)C)cc1)c1ccc4c(oc5ccccc54)c13)N(c1ccc(C(C)(C)C)cc1)c1ccc3c(sc4ccccc43)c1C2. The first-order valence-corrected chi connectivity index (χ1v) is 25.9. The molecule has 0 saturated carbocycles. The monoisotopic (exact) mass is 931 g/mol. The zero-order valence-corrected chi connectivity index (χ0v) is 43.6. The molecule has 0 unspecified atom stereocenters. The number of anilines is 6. The third kappa shape index (κ3) is 6.84. The Labute approximate surface area is 418 Å². The van der Waals surface area contributed by atoms with Crippen molar-refractivity contribution in [3.05, 3.63) is 190 Å². The predicted octanol–water partition coefficient (Wildman–Crippen LogP) is 17.1. The molecular weight excluding hydrogens is 870 g/mol. The van der Waals surface area contributed by atoms with Gasteiger partial charge in [0.2, 0.25) is 0 Å². The minimum atomic E-state index is -0.186. The fourth-order valence-electron chi connectivity index (χ4n) is 11.4. The molecule has 2 aromatic heterocycles. The Kier molecular flexibility index (Phi) is 9.92. The summed E-state index contributed by atoms with van der Waals surface area (Å²) in [7, 11) is 0. The molecule has 0 fully saturated rings. The molecule has 7 aromatic carbocycles. The molecule has 0 spiro atoms. The molecule has 4 nitrogen and oxygen atoms in total. The molecule has 3 aliphatic rings. The Hall–Kier alpha value is -6.76. The van der Waals surface area contributed by atoms with Gasteiger partial charge >= 0.3 is 0 Å². The zero-order chi connectivity index (χ0) is 48.8. The lowest BCUT2D eigenvalue weighted by Gasteiger charge is -2.50. The first-order chi connectivity index (χ1) is 33.4. The van der Waals surface area contributed by atoms with Crippen LogP contribution in [0.3, 0.4) is 0 Å². The summed E-state index contributed by atoms with van der Waals surface area (Å²) in [6.45, 7) is 27.4. The van der Waals surface area contributed by atoms with Gasteiger partial charge in [-0.25, -0.2) is 0 Å². The number of hydrogen-bond donors (Lipinski definition) is 0. The highest BCUT2D eigenvalue weighted by Gasteiger charge is 2.50. The van der Waals surface area contributed by atoms with Crippen LogP contribution in [-0.4, -0.2) is 6.71 Å². The number of thiophene rings is 1. The topological polar surface area (TPSA) is 22.9 Å². The molecule has 3 aliphatic heterocycles. The van der Waals surface area contributed by atoms with E-state index in [2.05, 4.69) is 243 Å². The second-order valence-corrected chi connectivity index (χ2v) is 24.2. The van der Waals surface area contributed by atoms with Crippen molar-refractivity contribution in [2.45, 2.75) is 100 Å². The number of furan rings is 1. The molecular formula is C64H62BN3OS. The van der Waals surface area contributed by atoms with Crippen LogP contribution < -0.4 is 25.6 Å². The first-order valence-electron chi connectivity index (χ1n) is 25.1. The van der Waals surface area contributed by atoms with Crippen molar-refractivity contribution in [1.29, 1.82) is 0 Å². The van der Waals surface area contributed by atoms with E-state index in [1.807, 2.05) is 11.3 Å². The summed E-state index contributed by atoms with van der Waals surface area (Å²) in [6.07, 6.45) is 5.49. The maximum absolute atomic E-state index is 7.24. The van der Waals surface area contributed by atoms with Crippen LogP contribution in [0.1, 0.15) is 98.4 Å². The van der Waals surface area contributed by atoms with Gasteiger partial charge in [-0.2, -0.15) is 0 Å². The summed E-state index contributed by atoms with van der Waals surface area (Å²) >= 11 is 1.93. The van der Waals surface area contributed by atoms with Crippen LogP contribution >= 0.6 is 11.3 Å². The van der Waals surface area contributed by atoms with E-state index >= 15 is 0 Å². The Morgan fingerprint density at radius 1 is 0.586 bits per heavy atom. The number of nitrogens with zero attached hydrogens (tertiary/aromatic N) is 3. The van der Waals surface area contributed by atoms with E-state index in [-0.39, 0.29) is 23.0 Å². The average Bonchev–Trinajstić information content (AvgIpc) is 3.90. The molecule has 0 bridgehead atoms. The summed E-state index contributed by atoms with van der Waals surface area (Å²) < 4.78 is 9.92. The minimum Gasteiger partial charge on any atom is -0.457 e. The number of benzene rings is 7. The summed E-state index contributed by atoms with van der Waals surface area (Å²) in [5, 5.41) is 4.92. The maximum Gasteiger partial charge on any atom is 0.277 e. The maximum atomic E-state index is 7.24. The van der Waals surface area contributed by atoms with Gasteiger partial charge in [0.25, 0.3) is 6.71 Å². The molecule has 0 aliphatic carbocycles. The Balaban J connectivity index is 1.23. The fraction of sp³-hybridized carbons (Fsp3) is 0.250. The van der Waals surface area contributed by atoms with Crippen molar-refractivity contribution in [2.75, 3.05) is 14.7 Å². The molecule has 0 N–H and O–H groups in total. The molecule has 70 heavy (non-hydrogen) atoms. The van der Waals surface area contributed by atoms with Crippen LogP contribution in [-0.2, 0) is 17.3 Å². The van der Waals surface area contributed by atoms with Crippen molar-refractivity contribution in [1.82, 2.24) is 0 Å². The lowest BCUT2D eigenvalue weighted by atomic mass is 9.34. The van der Waals surface area contributed by atoms with Gasteiger partial charge in [0.05, 0.1) is 5.69 Å². The van der Waals surface area contributed by atoms with Crippen LogP contribution in [0.25, 0.3) is 42.1 Å². The van der Waals surface area contributed by atoms with Crippen molar-refractivity contribution in [2.24, 2.45) is 5.41 Å². The number of allylic oxidation sites excluding steroid dienone is 5. The van der Waals surface area contributed by atoms with Crippen molar-refractivity contribution in [3.8, 4) is 0 Å². The van der Waals surface area contributed by atoms with Crippen LogP contribution in [0.5, 0.6) is 0 Å². The number of aryl methyl sites for hydroxylation is 1. The number of fused-ring (bicyclic) bond motifs is 12. The second kappa shape index (κ2) is 15.6. The van der Waals surface area contributed by atoms with E-state index < -0.39 is 0 Å². The van der Waals surface area contributed by atoms with Gasteiger partial charge in [-0.05, 0) is 143 Å². The van der Waals surface area contributed by atoms with Gasteiger partial charge < -0.3 is 19.1 Å². The van der Waals surface area contributed by atoms with E-state index in [0.29, 0.717) is 0 Å². The van der Waals surface area contributed by atoms with Crippen molar-refractivity contribution >= 4 is 105 Å². The third-order valence-corrected chi connectivity index (χ3v) is 16.8. The molecule has 12 rings (SSSR count). The molecule has 9 aromatic rings. The molecule has 0 amide bonds. The highest BCUT2D eigenvalue weighted by Crippen LogP contribution is 2.53. The van der Waals surface area contributed by atoms with E-state index in [1.54, 1.807) is 0 Å². The summed E-state index contributed by atoms with van der Waals surface area (Å²) in [4.78, 5) is 7.82. The highest BCUT2D eigenvalue weighted by atomic mass is 32.1.